The van der Waals surface area contributed by atoms with Gasteiger partial charge >= 0.3 is 5.97 Å². The van der Waals surface area contributed by atoms with Crippen molar-refractivity contribution in [2.45, 2.75) is 5.92 Å². The zero-order chi connectivity index (χ0) is 14.3. The molecule has 0 radical (unpaired) electrons. The van der Waals surface area contributed by atoms with Crippen LogP contribution >= 0.6 is 15.9 Å². The van der Waals surface area contributed by atoms with Crippen LogP contribution in [0.1, 0.15) is 11.5 Å². The molecule has 1 aromatic carbocycles. The zero-order valence-electron chi connectivity index (χ0n) is 10.2. The fourth-order valence-electron chi connectivity index (χ4n) is 2.35. The van der Waals surface area contributed by atoms with Crippen molar-refractivity contribution in [1.29, 1.82) is 5.26 Å². The second-order valence-corrected chi connectivity index (χ2v) is 5.31. The number of allylic oxidation sites excluding steroid dienone is 1. The molecule has 1 atom stereocenters. The molecule has 0 aliphatic carbocycles. The summed E-state index contributed by atoms with van der Waals surface area (Å²) in [4.78, 5) is 11.9. The van der Waals surface area contributed by atoms with Gasteiger partial charge < -0.3 is 15.2 Å². The fourth-order valence-corrected chi connectivity index (χ4v) is 2.61. The van der Waals surface area contributed by atoms with E-state index in [4.69, 9.17) is 15.2 Å². The Labute approximate surface area is 123 Å². The van der Waals surface area contributed by atoms with Crippen LogP contribution in [0.3, 0.4) is 0 Å². The van der Waals surface area contributed by atoms with Gasteiger partial charge in [-0.3, -0.25) is 0 Å². The summed E-state index contributed by atoms with van der Waals surface area (Å²) in [7, 11) is 0. The Morgan fingerprint density at radius 2 is 2.05 bits per heavy atom. The molecule has 0 saturated carbocycles. The number of cyclic esters (lactones) is 1. The second kappa shape index (κ2) is 4.69. The minimum Gasteiger partial charge on any atom is -0.454 e. The van der Waals surface area contributed by atoms with Crippen LogP contribution in [-0.2, 0) is 14.3 Å². The van der Waals surface area contributed by atoms with E-state index in [9.17, 15) is 10.1 Å². The molecule has 2 aliphatic rings. The number of benzene rings is 1. The summed E-state index contributed by atoms with van der Waals surface area (Å²) in [5.41, 5.74) is 7.15. The SMILES string of the molecule is N#CC1=C(N)OC2=C(C(=O)OC2)C1c1ccc(Br)cc1. The van der Waals surface area contributed by atoms with E-state index in [1.807, 2.05) is 30.3 Å². The van der Waals surface area contributed by atoms with Crippen molar-refractivity contribution < 1.29 is 14.3 Å². The van der Waals surface area contributed by atoms with Gasteiger partial charge in [0.25, 0.3) is 0 Å². The number of ether oxygens (including phenoxy) is 2. The Hall–Kier alpha value is -2.26. The average molecular weight is 333 g/mol. The highest BCUT2D eigenvalue weighted by atomic mass is 79.9. The van der Waals surface area contributed by atoms with Crippen molar-refractivity contribution >= 4 is 21.9 Å². The molecule has 2 heterocycles. The molecule has 5 nitrogen and oxygen atoms in total. The molecule has 0 spiro atoms. The normalized spacial score (nSPS) is 21.2. The highest BCUT2D eigenvalue weighted by Gasteiger charge is 2.41. The molecule has 0 aromatic heterocycles. The fraction of sp³-hybridized carbons (Fsp3) is 0.143. The molecule has 0 fully saturated rings. The van der Waals surface area contributed by atoms with Crippen LogP contribution in [0.2, 0.25) is 0 Å². The molecule has 2 aliphatic heterocycles. The first-order chi connectivity index (χ1) is 9.61. The smallest absolute Gasteiger partial charge is 0.339 e. The molecule has 6 heteroatoms. The van der Waals surface area contributed by atoms with E-state index < -0.39 is 11.9 Å². The van der Waals surface area contributed by atoms with E-state index in [1.165, 1.54) is 0 Å². The van der Waals surface area contributed by atoms with Crippen molar-refractivity contribution in [2.24, 2.45) is 5.73 Å². The number of nitriles is 1. The minimum atomic E-state index is -0.535. The Morgan fingerprint density at radius 1 is 1.35 bits per heavy atom. The first kappa shape index (κ1) is 12.8. The molecule has 2 N–H and O–H groups in total. The molecule has 1 aromatic rings. The maximum Gasteiger partial charge on any atom is 0.339 e. The number of esters is 1. The number of halogens is 1. The van der Waals surface area contributed by atoms with E-state index in [-0.39, 0.29) is 18.1 Å². The van der Waals surface area contributed by atoms with Gasteiger partial charge in [-0.25, -0.2) is 4.79 Å². The lowest BCUT2D eigenvalue weighted by atomic mass is 9.84. The molecule has 0 saturated heterocycles. The van der Waals surface area contributed by atoms with Crippen LogP contribution in [0.4, 0.5) is 0 Å². The van der Waals surface area contributed by atoms with Crippen molar-refractivity contribution in [2.75, 3.05) is 6.61 Å². The maximum absolute atomic E-state index is 11.9. The van der Waals surface area contributed by atoms with Gasteiger partial charge in [0.05, 0.1) is 11.5 Å². The summed E-state index contributed by atoms with van der Waals surface area (Å²) >= 11 is 3.35. The average Bonchev–Trinajstić information content (AvgIpc) is 2.79. The van der Waals surface area contributed by atoms with Crippen molar-refractivity contribution in [1.82, 2.24) is 0 Å². The van der Waals surface area contributed by atoms with Crippen molar-refractivity contribution in [3.8, 4) is 6.07 Å². The lowest BCUT2D eigenvalue weighted by molar-refractivity contribution is -0.136. The van der Waals surface area contributed by atoms with Crippen LogP contribution in [0.15, 0.2) is 51.5 Å². The second-order valence-electron chi connectivity index (χ2n) is 4.39. The summed E-state index contributed by atoms with van der Waals surface area (Å²) in [6.07, 6.45) is 0. The van der Waals surface area contributed by atoms with E-state index in [0.717, 1.165) is 10.0 Å². The Kier molecular flexibility index (Phi) is 2.99. The number of carbonyl (C=O) groups excluding carboxylic acids is 1. The number of rotatable bonds is 1. The summed E-state index contributed by atoms with van der Waals surface area (Å²) in [6.45, 7) is 0.0562. The number of nitrogens with zero attached hydrogens (tertiary/aromatic N) is 1. The minimum absolute atomic E-state index is 0.0254. The monoisotopic (exact) mass is 332 g/mol. The predicted molar refractivity (Wildman–Crippen MR) is 72.8 cm³/mol. The largest absolute Gasteiger partial charge is 0.454 e. The lowest BCUT2D eigenvalue weighted by Crippen LogP contribution is -2.21. The molecule has 100 valence electrons. The molecular weight excluding hydrogens is 324 g/mol. The molecule has 20 heavy (non-hydrogen) atoms. The Morgan fingerprint density at radius 3 is 2.70 bits per heavy atom. The van der Waals surface area contributed by atoms with Gasteiger partial charge in [0.2, 0.25) is 5.88 Å². The Bertz CT molecular complexity index is 698. The van der Waals surface area contributed by atoms with Crippen LogP contribution < -0.4 is 5.73 Å². The summed E-state index contributed by atoms with van der Waals surface area (Å²) in [5.74, 6) is -0.586. The molecule has 0 bridgehead atoms. The van der Waals surface area contributed by atoms with Gasteiger partial charge in [-0.2, -0.15) is 5.26 Å². The van der Waals surface area contributed by atoms with Crippen LogP contribution in [-0.4, -0.2) is 12.6 Å². The summed E-state index contributed by atoms with van der Waals surface area (Å²) in [5, 5.41) is 9.30. The maximum atomic E-state index is 11.9. The highest BCUT2D eigenvalue weighted by Crippen LogP contribution is 2.42. The number of nitrogens with two attached hydrogens (primary N) is 1. The van der Waals surface area contributed by atoms with E-state index in [2.05, 4.69) is 15.9 Å². The third kappa shape index (κ3) is 1.87. The zero-order valence-corrected chi connectivity index (χ0v) is 11.8. The topological polar surface area (TPSA) is 85.3 Å². The summed E-state index contributed by atoms with van der Waals surface area (Å²) in [6, 6.07) is 9.38. The van der Waals surface area contributed by atoms with Crippen LogP contribution in [0.25, 0.3) is 0 Å². The summed E-state index contributed by atoms with van der Waals surface area (Å²) < 4.78 is 11.2. The van der Waals surface area contributed by atoms with Crippen LogP contribution in [0, 0.1) is 11.3 Å². The standard InChI is InChI=1S/C14H9BrN2O3/c15-8-3-1-7(2-4-8)11-9(5-16)13(17)20-10-6-19-14(18)12(10)11/h1-4,11H,6,17H2. The first-order valence-electron chi connectivity index (χ1n) is 5.85. The predicted octanol–water partition coefficient (Wildman–Crippen LogP) is 2.07. The highest BCUT2D eigenvalue weighted by molar-refractivity contribution is 9.10. The quantitative estimate of drug-likeness (QED) is 0.795. The van der Waals surface area contributed by atoms with Gasteiger partial charge in [-0.05, 0) is 17.7 Å². The van der Waals surface area contributed by atoms with E-state index in [0.29, 0.717) is 11.3 Å². The molecule has 0 amide bonds. The first-order valence-corrected chi connectivity index (χ1v) is 6.64. The van der Waals surface area contributed by atoms with Gasteiger partial charge in [-0.15, -0.1) is 0 Å². The van der Waals surface area contributed by atoms with Gasteiger partial charge in [0.1, 0.15) is 18.2 Å². The molecular formula is C14H9BrN2O3. The van der Waals surface area contributed by atoms with Gasteiger partial charge in [0, 0.05) is 4.47 Å². The third-order valence-electron chi connectivity index (χ3n) is 3.25. The van der Waals surface area contributed by atoms with Crippen LogP contribution in [0.5, 0.6) is 0 Å². The van der Waals surface area contributed by atoms with Gasteiger partial charge in [0.15, 0.2) is 5.76 Å². The molecule has 3 rings (SSSR count). The van der Waals surface area contributed by atoms with E-state index >= 15 is 0 Å². The Balaban J connectivity index is 2.16. The van der Waals surface area contributed by atoms with Crippen molar-refractivity contribution in [3.63, 3.8) is 0 Å². The number of carbonyl (C=O) groups is 1. The number of hydrogen-bond acceptors (Lipinski definition) is 5. The third-order valence-corrected chi connectivity index (χ3v) is 3.78. The lowest BCUT2D eigenvalue weighted by Gasteiger charge is -2.23. The molecule has 1 unspecified atom stereocenters. The van der Waals surface area contributed by atoms with E-state index in [1.54, 1.807) is 0 Å². The number of hydrogen-bond donors (Lipinski definition) is 1. The van der Waals surface area contributed by atoms with Gasteiger partial charge in [-0.1, -0.05) is 28.1 Å². The van der Waals surface area contributed by atoms with Crippen molar-refractivity contribution in [3.05, 3.63) is 57.1 Å².